The van der Waals surface area contributed by atoms with Gasteiger partial charge in [-0.3, -0.25) is 0 Å². The van der Waals surface area contributed by atoms with Crippen LogP contribution in [0.15, 0.2) is 0 Å². The summed E-state index contributed by atoms with van der Waals surface area (Å²) in [4.78, 5) is 0. The van der Waals surface area contributed by atoms with Crippen molar-refractivity contribution in [2.75, 3.05) is 0 Å². The Hall–Kier alpha value is -0.0000000000000000555. The second kappa shape index (κ2) is 2.72. The first-order valence-electron chi connectivity index (χ1n) is 1.88. The average molecular weight is 166 g/mol. The van der Waals surface area contributed by atoms with Crippen LogP contribution in [-0.2, 0) is 0 Å². The lowest BCUT2D eigenvalue weighted by Crippen LogP contribution is -2.29. The van der Waals surface area contributed by atoms with E-state index in [1.807, 2.05) is 0 Å². The van der Waals surface area contributed by atoms with Gasteiger partial charge >= 0.3 is 5.25 Å². The molecule has 0 aliphatic carbocycles. The summed E-state index contributed by atoms with van der Waals surface area (Å²) in [7, 11) is 0. The zero-order valence-electron chi connectivity index (χ0n) is 3.99. The number of thiol groups is 1. The number of hydrogen-bond acceptors (Lipinski definition) is 1. The third-order valence-electron chi connectivity index (χ3n) is 0.553. The van der Waals surface area contributed by atoms with Crippen molar-refractivity contribution in [2.24, 2.45) is 0 Å². The van der Waals surface area contributed by atoms with Gasteiger partial charge in [0.1, 0.15) is 0 Å². The number of halogens is 5. The Labute approximate surface area is 53.5 Å². The third-order valence-corrected chi connectivity index (χ3v) is 0.800. The van der Waals surface area contributed by atoms with Crippen LogP contribution in [0.1, 0.15) is 0 Å². The first-order chi connectivity index (χ1) is 3.85. The molecule has 0 saturated carbocycles. The highest BCUT2D eigenvalue weighted by Crippen LogP contribution is 2.29. The second-order valence-electron chi connectivity index (χ2n) is 1.32. The van der Waals surface area contributed by atoms with E-state index in [1.165, 1.54) is 0 Å². The molecule has 1 atom stereocenters. The zero-order chi connectivity index (χ0) is 7.65. The normalized spacial score (nSPS) is 16.3. The van der Waals surface area contributed by atoms with Gasteiger partial charge in [0.25, 0.3) is 6.43 Å². The molecule has 0 rings (SSSR count). The van der Waals surface area contributed by atoms with Crippen LogP contribution in [0, 0.1) is 0 Å². The summed E-state index contributed by atoms with van der Waals surface area (Å²) in [6.07, 6.45) is -7.17. The molecule has 56 valence electrons. The molecule has 0 aliphatic rings. The van der Waals surface area contributed by atoms with Gasteiger partial charge in [-0.25, -0.2) is 13.2 Å². The smallest absolute Gasteiger partial charge is 0.233 e. The zero-order valence-corrected chi connectivity index (χ0v) is 4.89. The molecule has 0 bridgehead atoms. The summed E-state index contributed by atoms with van der Waals surface area (Å²) in [5.74, 6) is 0. The Morgan fingerprint density at radius 3 is 1.44 bits per heavy atom. The molecule has 0 aromatic carbocycles. The quantitative estimate of drug-likeness (QED) is 0.471. The molecule has 0 aromatic rings. The van der Waals surface area contributed by atoms with Crippen molar-refractivity contribution in [3.63, 3.8) is 0 Å². The first-order valence-corrected chi connectivity index (χ1v) is 2.33. The topological polar surface area (TPSA) is 0 Å². The lowest BCUT2D eigenvalue weighted by atomic mass is 10.4. The Morgan fingerprint density at radius 1 is 1.11 bits per heavy atom. The molecule has 0 N–H and O–H groups in total. The molecule has 0 saturated heterocycles. The summed E-state index contributed by atoms with van der Waals surface area (Å²) in [5, 5.41) is -4.24. The van der Waals surface area contributed by atoms with Gasteiger partial charge < -0.3 is 0 Å². The molecule has 0 aromatic heterocycles. The highest BCUT2D eigenvalue weighted by molar-refractivity contribution is 7.81. The van der Waals surface area contributed by atoms with Gasteiger partial charge in [0.15, 0.2) is 0 Å². The lowest BCUT2D eigenvalue weighted by Gasteiger charge is -2.12. The molecule has 0 amide bonds. The molecule has 0 radical (unpaired) electrons. The molecule has 9 heavy (non-hydrogen) atoms. The van der Waals surface area contributed by atoms with Crippen molar-refractivity contribution < 1.29 is 22.0 Å². The predicted octanol–water partition coefficient (Wildman–Crippen LogP) is 2.11. The lowest BCUT2D eigenvalue weighted by molar-refractivity contribution is -0.0659. The molecule has 0 aliphatic heterocycles. The Kier molecular flexibility index (Phi) is 2.72. The van der Waals surface area contributed by atoms with Gasteiger partial charge in [0.2, 0.25) is 6.17 Å². The van der Waals surface area contributed by atoms with Crippen LogP contribution in [0.4, 0.5) is 22.0 Å². The van der Waals surface area contributed by atoms with Gasteiger partial charge in [0.05, 0.1) is 0 Å². The minimum atomic E-state index is -4.24. The Bertz CT molecular complexity index is 86.7. The SMILES string of the molecule is FC(F)C(F)C(F)(F)S. The van der Waals surface area contributed by atoms with Crippen molar-refractivity contribution in [3.05, 3.63) is 0 Å². The fraction of sp³-hybridized carbons (Fsp3) is 1.00. The van der Waals surface area contributed by atoms with Crippen LogP contribution in [0.2, 0.25) is 0 Å². The van der Waals surface area contributed by atoms with E-state index in [-0.39, 0.29) is 0 Å². The van der Waals surface area contributed by atoms with Crippen molar-refractivity contribution >= 4 is 12.6 Å². The van der Waals surface area contributed by atoms with E-state index in [4.69, 9.17) is 0 Å². The van der Waals surface area contributed by atoms with E-state index in [2.05, 4.69) is 12.6 Å². The molecule has 0 nitrogen and oxygen atoms in total. The number of alkyl halides is 5. The van der Waals surface area contributed by atoms with E-state index >= 15 is 0 Å². The Balaban J connectivity index is 3.88. The van der Waals surface area contributed by atoms with Gasteiger partial charge in [-0.1, -0.05) is 0 Å². The molecule has 0 heterocycles. The maximum atomic E-state index is 11.5. The van der Waals surface area contributed by atoms with Crippen LogP contribution >= 0.6 is 12.6 Å². The number of hydrogen-bond donors (Lipinski definition) is 1. The van der Waals surface area contributed by atoms with Crippen molar-refractivity contribution in [3.8, 4) is 0 Å². The minimum Gasteiger partial charge on any atom is -0.233 e. The van der Waals surface area contributed by atoms with Crippen molar-refractivity contribution in [2.45, 2.75) is 17.9 Å². The van der Waals surface area contributed by atoms with Crippen LogP contribution in [0.25, 0.3) is 0 Å². The first kappa shape index (κ1) is 9.00. The largest absolute Gasteiger partial charge is 0.327 e. The van der Waals surface area contributed by atoms with Crippen LogP contribution in [0.3, 0.4) is 0 Å². The van der Waals surface area contributed by atoms with Gasteiger partial charge in [-0.15, -0.1) is 12.6 Å². The van der Waals surface area contributed by atoms with E-state index in [1.54, 1.807) is 0 Å². The predicted molar refractivity (Wildman–Crippen MR) is 24.8 cm³/mol. The molecule has 1 unspecified atom stereocenters. The average Bonchev–Trinajstić information content (AvgIpc) is 1.62. The third kappa shape index (κ3) is 2.88. The standard InChI is InChI=1S/C3H3F5S/c4-1(2(5)6)3(7,8)9/h1-2,9H. The minimum absolute atomic E-state index is 2.30. The molecular weight excluding hydrogens is 163 g/mol. The molecule has 6 heteroatoms. The molecule has 0 spiro atoms. The van der Waals surface area contributed by atoms with Gasteiger partial charge in [-0.2, -0.15) is 8.78 Å². The fourth-order valence-corrected chi connectivity index (χ4v) is 0.264. The van der Waals surface area contributed by atoms with Crippen molar-refractivity contribution in [1.29, 1.82) is 0 Å². The molecular formula is C3H3F5S. The van der Waals surface area contributed by atoms with E-state index in [9.17, 15) is 22.0 Å². The van der Waals surface area contributed by atoms with Crippen molar-refractivity contribution in [1.82, 2.24) is 0 Å². The van der Waals surface area contributed by atoms with Crippen LogP contribution in [-0.4, -0.2) is 17.9 Å². The monoisotopic (exact) mass is 166 g/mol. The maximum absolute atomic E-state index is 11.5. The van der Waals surface area contributed by atoms with E-state index in [0.717, 1.165) is 0 Å². The second-order valence-corrected chi connectivity index (χ2v) is 1.92. The maximum Gasteiger partial charge on any atom is 0.327 e. The summed E-state index contributed by atoms with van der Waals surface area (Å²) >= 11 is 2.30. The summed E-state index contributed by atoms with van der Waals surface area (Å²) < 4.78 is 56.2. The van der Waals surface area contributed by atoms with E-state index in [0.29, 0.717) is 0 Å². The fourth-order valence-electron chi connectivity index (χ4n) is 0.152. The van der Waals surface area contributed by atoms with Gasteiger partial charge in [-0.05, 0) is 0 Å². The summed E-state index contributed by atoms with van der Waals surface area (Å²) in [6.45, 7) is 0. The van der Waals surface area contributed by atoms with E-state index < -0.39 is 17.9 Å². The van der Waals surface area contributed by atoms with Crippen LogP contribution < -0.4 is 0 Å². The summed E-state index contributed by atoms with van der Waals surface area (Å²) in [5.41, 5.74) is 0. The highest BCUT2D eigenvalue weighted by atomic mass is 32.1. The van der Waals surface area contributed by atoms with Gasteiger partial charge in [0, 0.05) is 0 Å². The molecule has 0 fully saturated rings. The van der Waals surface area contributed by atoms with Crippen LogP contribution in [0.5, 0.6) is 0 Å². The number of rotatable bonds is 2. The Morgan fingerprint density at radius 2 is 1.44 bits per heavy atom. The summed E-state index contributed by atoms with van der Waals surface area (Å²) in [6, 6.07) is 0. The highest BCUT2D eigenvalue weighted by Gasteiger charge is 2.42.